The summed E-state index contributed by atoms with van der Waals surface area (Å²) in [7, 11) is 0. The first kappa shape index (κ1) is 14.3. The molecular formula is C16H15NO2S2. The molecule has 0 saturated carbocycles. The number of carbonyl (C=O) groups is 1. The molecule has 0 aliphatic rings. The van der Waals surface area contributed by atoms with Crippen LogP contribution in [0.1, 0.15) is 26.4 Å². The molecule has 0 bridgehead atoms. The minimum absolute atomic E-state index is 0.436. The fraction of sp³-hybridized carbons (Fsp3) is 0.188. The van der Waals surface area contributed by atoms with Crippen LogP contribution in [-0.4, -0.2) is 11.1 Å². The molecule has 0 saturated heterocycles. The van der Waals surface area contributed by atoms with E-state index >= 15 is 0 Å². The van der Waals surface area contributed by atoms with E-state index in [1.165, 1.54) is 22.5 Å². The van der Waals surface area contributed by atoms with Crippen LogP contribution in [0.2, 0.25) is 0 Å². The molecule has 2 heterocycles. The van der Waals surface area contributed by atoms with Gasteiger partial charge in [0.05, 0.1) is 0 Å². The summed E-state index contributed by atoms with van der Waals surface area (Å²) in [5, 5.41) is 18.0. The molecule has 3 rings (SSSR count). The molecule has 3 nitrogen and oxygen atoms in total. The van der Waals surface area contributed by atoms with E-state index in [9.17, 15) is 9.90 Å². The van der Waals surface area contributed by atoms with Crippen molar-refractivity contribution in [3.05, 3.63) is 56.6 Å². The first-order chi connectivity index (χ1) is 10.2. The van der Waals surface area contributed by atoms with Crippen LogP contribution < -0.4 is 5.32 Å². The Morgan fingerprint density at radius 1 is 1.24 bits per heavy atom. The van der Waals surface area contributed by atoms with Crippen molar-refractivity contribution in [2.75, 3.05) is 0 Å². The van der Waals surface area contributed by atoms with E-state index in [1.807, 2.05) is 24.3 Å². The number of rotatable bonds is 5. The zero-order valence-corrected chi connectivity index (χ0v) is 13.2. The summed E-state index contributed by atoms with van der Waals surface area (Å²) in [5.74, 6) is -0.847. The lowest BCUT2D eigenvalue weighted by Gasteiger charge is -2.05. The summed E-state index contributed by atoms with van der Waals surface area (Å²) in [5.41, 5.74) is 3.44. The summed E-state index contributed by atoms with van der Waals surface area (Å²) >= 11 is 3.04. The second-order valence-electron chi connectivity index (χ2n) is 4.89. The third-order valence-corrected chi connectivity index (χ3v) is 5.58. The van der Waals surface area contributed by atoms with Crippen LogP contribution in [0.3, 0.4) is 0 Å². The monoisotopic (exact) mass is 317 g/mol. The molecule has 0 spiro atoms. The van der Waals surface area contributed by atoms with Gasteiger partial charge in [-0.3, -0.25) is 0 Å². The molecule has 2 N–H and O–H groups in total. The number of hydrogen-bond acceptors (Lipinski definition) is 4. The molecule has 0 amide bonds. The van der Waals surface area contributed by atoms with Gasteiger partial charge in [-0.1, -0.05) is 18.2 Å². The zero-order valence-electron chi connectivity index (χ0n) is 11.6. The molecule has 2 aromatic heterocycles. The van der Waals surface area contributed by atoms with E-state index in [2.05, 4.69) is 23.0 Å². The Hall–Kier alpha value is -1.69. The SMILES string of the molecule is Cc1cscc1CNCc1c(C(=O)O)sc2ccccc12. The van der Waals surface area contributed by atoms with Crippen LogP contribution >= 0.6 is 22.7 Å². The van der Waals surface area contributed by atoms with Crippen molar-refractivity contribution in [1.82, 2.24) is 5.32 Å². The van der Waals surface area contributed by atoms with Crippen molar-refractivity contribution >= 4 is 38.7 Å². The van der Waals surface area contributed by atoms with E-state index in [1.54, 1.807) is 11.3 Å². The number of benzene rings is 1. The van der Waals surface area contributed by atoms with Crippen molar-refractivity contribution in [3.63, 3.8) is 0 Å². The number of aryl methyl sites for hydroxylation is 1. The second kappa shape index (κ2) is 5.97. The maximum atomic E-state index is 11.4. The lowest BCUT2D eigenvalue weighted by molar-refractivity contribution is 0.0701. The second-order valence-corrected chi connectivity index (χ2v) is 6.69. The molecule has 0 aliphatic carbocycles. The van der Waals surface area contributed by atoms with Gasteiger partial charge in [-0.15, -0.1) is 11.3 Å². The minimum Gasteiger partial charge on any atom is -0.477 e. The van der Waals surface area contributed by atoms with Gasteiger partial charge >= 0.3 is 5.97 Å². The summed E-state index contributed by atoms with van der Waals surface area (Å²) in [6.07, 6.45) is 0. The van der Waals surface area contributed by atoms with Crippen LogP contribution in [0.4, 0.5) is 0 Å². The first-order valence-electron chi connectivity index (χ1n) is 6.63. The van der Waals surface area contributed by atoms with E-state index in [-0.39, 0.29) is 0 Å². The van der Waals surface area contributed by atoms with Gasteiger partial charge < -0.3 is 10.4 Å². The number of hydrogen-bond donors (Lipinski definition) is 2. The predicted octanol–water partition coefficient (Wildman–Crippen LogP) is 4.26. The third kappa shape index (κ3) is 2.85. The Morgan fingerprint density at radius 3 is 2.76 bits per heavy atom. The Bertz CT molecular complexity index is 789. The molecule has 0 unspecified atom stereocenters. The largest absolute Gasteiger partial charge is 0.477 e. The quantitative estimate of drug-likeness (QED) is 0.739. The number of aromatic carboxylic acids is 1. The molecule has 3 aromatic rings. The lowest BCUT2D eigenvalue weighted by atomic mass is 10.1. The highest BCUT2D eigenvalue weighted by Crippen LogP contribution is 2.31. The number of carboxylic acid groups (broad SMARTS) is 1. The topological polar surface area (TPSA) is 49.3 Å². The first-order valence-corrected chi connectivity index (χ1v) is 8.39. The van der Waals surface area contributed by atoms with Crippen LogP contribution in [0.15, 0.2) is 35.0 Å². The highest BCUT2D eigenvalue weighted by molar-refractivity contribution is 7.21. The summed E-state index contributed by atoms with van der Waals surface area (Å²) in [6.45, 7) is 3.43. The van der Waals surface area contributed by atoms with Crippen LogP contribution in [0, 0.1) is 6.92 Å². The van der Waals surface area contributed by atoms with E-state index in [0.29, 0.717) is 11.4 Å². The number of thiophene rings is 2. The average Bonchev–Trinajstić information content (AvgIpc) is 3.04. The van der Waals surface area contributed by atoms with Gasteiger partial charge in [0.2, 0.25) is 0 Å². The van der Waals surface area contributed by atoms with E-state index < -0.39 is 5.97 Å². The maximum Gasteiger partial charge on any atom is 0.346 e. The van der Waals surface area contributed by atoms with E-state index in [0.717, 1.165) is 22.2 Å². The highest BCUT2D eigenvalue weighted by Gasteiger charge is 2.16. The van der Waals surface area contributed by atoms with Gasteiger partial charge in [-0.05, 0) is 45.8 Å². The van der Waals surface area contributed by atoms with E-state index in [4.69, 9.17) is 0 Å². The fourth-order valence-corrected chi connectivity index (χ4v) is 4.25. The number of fused-ring (bicyclic) bond motifs is 1. The fourth-order valence-electron chi connectivity index (χ4n) is 2.34. The number of nitrogens with one attached hydrogen (secondary N) is 1. The van der Waals surface area contributed by atoms with Gasteiger partial charge in [-0.2, -0.15) is 11.3 Å². The van der Waals surface area contributed by atoms with Crippen molar-refractivity contribution in [3.8, 4) is 0 Å². The molecule has 108 valence electrons. The summed E-state index contributed by atoms with van der Waals surface area (Å²) in [6, 6.07) is 7.85. The van der Waals surface area contributed by atoms with Gasteiger partial charge in [-0.25, -0.2) is 4.79 Å². The van der Waals surface area contributed by atoms with Gasteiger partial charge in [0.25, 0.3) is 0 Å². The summed E-state index contributed by atoms with van der Waals surface area (Å²) < 4.78 is 1.03. The molecule has 0 radical (unpaired) electrons. The lowest BCUT2D eigenvalue weighted by Crippen LogP contribution is -2.14. The zero-order chi connectivity index (χ0) is 14.8. The predicted molar refractivity (Wildman–Crippen MR) is 88.4 cm³/mol. The van der Waals surface area contributed by atoms with Crippen LogP contribution in [0.5, 0.6) is 0 Å². The molecule has 21 heavy (non-hydrogen) atoms. The molecule has 5 heteroatoms. The van der Waals surface area contributed by atoms with Gasteiger partial charge in [0, 0.05) is 17.8 Å². The van der Waals surface area contributed by atoms with Crippen LogP contribution in [-0.2, 0) is 13.1 Å². The Morgan fingerprint density at radius 2 is 2.05 bits per heavy atom. The molecular weight excluding hydrogens is 302 g/mol. The Balaban J connectivity index is 1.84. The molecule has 1 aromatic carbocycles. The smallest absolute Gasteiger partial charge is 0.346 e. The minimum atomic E-state index is -0.847. The summed E-state index contributed by atoms with van der Waals surface area (Å²) in [4.78, 5) is 11.9. The van der Waals surface area contributed by atoms with Gasteiger partial charge in [0.1, 0.15) is 4.88 Å². The van der Waals surface area contributed by atoms with Crippen molar-refractivity contribution in [2.24, 2.45) is 0 Å². The molecule has 0 fully saturated rings. The highest BCUT2D eigenvalue weighted by atomic mass is 32.1. The van der Waals surface area contributed by atoms with Crippen molar-refractivity contribution < 1.29 is 9.90 Å². The third-order valence-electron chi connectivity index (χ3n) is 3.47. The maximum absolute atomic E-state index is 11.4. The van der Waals surface area contributed by atoms with Gasteiger partial charge in [0.15, 0.2) is 0 Å². The molecule has 0 aliphatic heterocycles. The Labute approximate surface area is 130 Å². The number of carboxylic acids is 1. The average molecular weight is 317 g/mol. The molecule has 0 atom stereocenters. The standard InChI is InChI=1S/C16H15NO2S2/c1-10-8-20-9-11(10)6-17-7-13-12-4-2-3-5-14(12)21-15(13)16(18)19/h2-5,8-9,17H,6-7H2,1H3,(H,18,19). The van der Waals surface area contributed by atoms with Crippen molar-refractivity contribution in [2.45, 2.75) is 20.0 Å². The normalized spacial score (nSPS) is 11.1. The van der Waals surface area contributed by atoms with Crippen molar-refractivity contribution in [1.29, 1.82) is 0 Å². The van der Waals surface area contributed by atoms with Crippen LogP contribution in [0.25, 0.3) is 10.1 Å². The Kier molecular flexibility index (Phi) is 4.05.